The second-order valence-corrected chi connectivity index (χ2v) is 4.88. The van der Waals surface area contributed by atoms with E-state index in [4.69, 9.17) is 16.3 Å². The lowest BCUT2D eigenvalue weighted by Gasteiger charge is -2.16. The van der Waals surface area contributed by atoms with Crippen LogP contribution in [0.15, 0.2) is 5.16 Å². The number of hydrogen-bond acceptors (Lipinski definition) is 6. The van der Waals surface area contributed by atoms with Crippen LogP contribution in [0.5, 0.6) is 6.01 Å². The van der Waals surface area contributed by atoms with Crippen LogP contribution >= 0.6 is 23.4 Å². The van der Waals surface area contributed by atoms with Gasteiger partial charge in [0.15, 0.2) is 5.16 Å². The first-order chi connectivity index (χ1) is 8.69. The molecule has 0 spiro atoms. The molecule has 0 saturated heterocycles. The molecule has 5 nitrogen and oxygen atoms in total. The molecule has 0 saturated carbocycles. The van der Waals surface area contributed by atoms with E-state index in [2.05, 4.69) is 33.7 Å². The Labute approximate surface area is 117 Å². The molecule has 18 heavy (non-hydrogen) atoms. The third kappa shape index (κ3) is 5.37. The van der Waals surface area contributed by atoms with Crippen LogP contribution in [0.1, 0.15) is 20.8 Å². The topological polar surface area (TPSA) is 51.1 Å². The summed E-state index contributed by atoms with van der Waals surface area (Å²) in [6.07, 6.45) is 0. The molecule has 0 unspecified atom stereocenters. The van der Waals surface area contributed by atoms with Gasteiger partial charge in [-0.15, -0.1) is 0 Å². The summed E-state index contributed by atoms with van der Waals surface area (Å²) in [5.41, 5.74) is 0. The van der Waals surface area contributed by atoms with Crippen LogP contribution in [0.2, 0.25) is 5.28 Å². The van der Waals surface area contributed by atoms with E-state index in [9.17, 15) is 0 Å². The lowest BCUT2D eigenvalue weighted by Crippen LogP contribution is -2.25. The molecule has 1 rings (SSSR count). The lowest BCUT2D eigenvalue weighted by molar-refractivity contribution is 0.307. The van der Waals surface area contributed by atoms with Crippen LogP contribution < -0.4 is 4.74 Å². The summed E-state index contributed by atoms with van der Waals surface area (Å²) in [6.45, 7) is 9.82. The summed E-state index contributed by atoms with van der Waals surface area (Å²) in [5, 5.41) is 0.796. The maximum absolute atomic E-state index is 5.82. The second-order valence-electron chi connectivity index (χ2n) is 3.48. The summed E-state index contributed by atoms with van der Waals surface area (Å²) in [5.74, 6) is 0.924. The van der Waals surface area contributed by atoms with Crippen LogP contribution in [0.25, 0.3) is 0 Å². The van der Waals surface area contributed by atoms with E-state index in [1.165, 1.54) is 0 Å². The first-order valence-electron chi connectivity index (χ1n) is 6.09. The van der Waals surface area contributed by atoms with Gasteiger partial charge in [-0.3, -0.25) is 0 Å². The highest BCUT2D eigenvalue weighted by Gasteiger charge is 2.07. The molecule has 0 radical (unpaired) electrons. The fourth-order valence-corrected chi connectivity index (χ4v) is 2.41. The Balaban J connectivity index is 2.51. The molecule has 1 aromatic rings. The molecule has 0 aliphatic carbocycles. The van der Waals surface area contributed by atoms with Gasteiger partial charge in [0.25, 0.3) is 0 Å². The molecule has 1 aromatic heterocycles. The van der Waals surface area contributed by atoms with Crippen LogP contribution in [0, 0.1) is 0 Å². The predicted molar refractivity (Wildman–Crippen MR) is 74.5 cm³/mol. The summed E-state index contributed by atoms with van der Waals surface area (Å²) in [4.78, 5) is 14.5. The number of aromatic nitrogens is 3. The quantitative estimate of drug-likeness (QED) is 0.685. The van der Waals surface area contributed by atoms with Gasteiger partial charge in [-0.05, 0) is 31.6 Å². The minimum Gasteiger partial charge on any atom is -0.464 e. The van der Waals surface area contributed by atoms with Crippen molar-refractivity contribution in [2.45, 2.75) is 25.9 Å². The van der Waals surface area contributed by atoms with Gasteiger partial charge in [0, 0.05) is 12.3 Å². The van der Waals surface area contributed by atoms with Gasteiger partial charge in [-0.25, -0.2) is 0 Å². The van der Waals surface area contributed by atoms with Crippen LogP contribution in [0.4, 0.5) is 0 Å². The Bertz CT molecular complexity index is 363. The van der Waals surface area contributed by atoms with Gasteiger partial charge in [0.05, 0.1) is 6.61 Å². The van der Waals surface area contributed by atoms with Crippen molar-refractivity contribution in [1.29, 1.82) is 0 Å². The van der Waals surface area contributed by atoms with Gasteiger partial charge in [0.2, 0.25) is 5.28 Å². The average Bonchev–Trinajstić information content (AvgIpc) is 2.34. The summed E-state index contributed by atoms with van der Waals surface area (Å²) < 4.78 is 5.23. The lowest BCUT2D eigenvalue weighted by atomic mass is 10.5. The van der Waals surface area contributed by atoms with E-state index < -0.39 is 0 Å². The molecule has 0 aromatic carbocycles. The van der Waals surface area contributed by atoms with Crippen molar-refractivity contribution in [3.05, 3.63) is 5.28 Å². The van der Waals surface area contributed by atoms with Crippen molar-refractivity contribution in [2.75, 3.05) is 32.0 Å². The molecule has 0 amide bonds. The van der Waals surface area contributed by atoms with Crippen molar-refractivity contribution in [1.82, 2.24) is 19.9 Å². The van der Waals surface area contributed by atoms with Crippen molar-refractivity contribution >= 4 is 23.4 Å². The fourth-order valence-electron chi connectivity index (χ4n) is 1.38. The maximum Gasteiger partial charge on any atom is 0.321 e. The Kier molecular flexibility index (Phi) is 7.31. The van der Waals surface area contributed by atoms with E-state index in [-0.39, 0.29) is 5.28 Å². The van der Waals surface area contributed by atoms with Gasteiger partial charge in [-0.1, -0.05) is 25.6 Å². The smallest absolute Gasteiger partial charge is 0.321 e. The molecular formula is C11H19ClN4OS. The van der Waals surface area contributed by atoms with Gasteiger partial charge in [-0.2, -0.15) is 15.0 Å². The Morgan fingerprint density at radius 2 is 1.89 bits per heavy atom. The zero-order valence-corrected chi connectivity index (χ0v) is 12.6. The van der Waals surface area contributed by atoms with E-state index in [0.29, 0.717) is 17.8 Å². The minimum absolute atomic E-state index is 0.179. The highest BCUT2D eigenvalue weighted by molar-refractivity contribution is 7.99. The molecule has 0 N–H and O–H groups in total. The minimum atomic E-state index is 0.179. The number of nitrogens with zero attached hydrogens (tertiary/aromatic N) is 4. The monoisotopic (exact) mass is 290 g/mol. The Morgan fingerprint density at radius 1 is 1.17 bits per heavy atom. The van der Waals surface area contributed by atoms with Crippen LogP contribution in [0.3, 0.4) is 0 Å². The predicted octanol–water partition coefficient (Wildman–Crippen LogP) is 2.36. The second kappa shape index (κ2) is 8.50. The van der Waals surface area contributed by atoms with E-state index in [1.54, 1.807) is 11.8 Å². The van der Waals surface area contributed by atoms with Crippen LogP contribution in [-0.2, 0) is 0 Å². The molecule has 102 valence electrons. The average molecular weight is 291 g/mol. The standard InChI is InChI=1S/C11H19ClN4OS/c1-4-16(5-2)7-8-18-11-14-9(12)13-10(15-11)17-6-3/h4-8H2,1-3H3. The highest BCUT2D eigenvalue weighted by atomic mass is 35.5. The Hall–Kier alpha value is -0.590. The molecule has 7 heteroatoms. The zero-order valence-electron chi connectivity index (χ0n) is 11.0. The van der Waals surface area contributed by atoms with Crippen molar-refractivity contribution in [3.8, 4) is 6.01 Å². The van der Waals surface area contributed by atoms with Crippen molar-refractivity contribution in [2.24, 2.45) is 0 Å². The van der Waals surface area contributed by atoms with Crippen molar-refractivity contribution < 1.29 is 4.74 Å². The van der Waals surface area contributed by atoms with E-state index in [1.807, 2.05) is 6.92 Å². The van der Waals surface area contributed by atoms with Gasteiger partial charge in [0.1, 0.15) is 0 Å². The molecule has 0 aliphatic rings. The largest absolute Gasteiger partial charge is 0.464 e. The van der Waals surface area contributed by atoms with Crippen LogP contribution in [-0.4, -0.2) is 51.8 Å². The number of halogens is 1. The van der Waals surface area contributed by atoms with E-state index in [0.717, 1.165) is 25.4 Å². The number of rotatable bonds is 8. The Morgan fingerprint density at radius 3 is 2.50 bits per heavy atom. The number of hydrogen-bond donors (Lipinski definition) is 0. The normalized spacial score (nSPS) is 10.9. The zero-order chi connectivity index (χ0) is 13.4. The van der Waals surface area contributed by atoms with Gasteiger partial charge < -0.3 is 9.64 Å². The SMILES string of the molecule is CCOc1nc(Cl)nc(SCCN(CC)CC)n1. The summed E-state index contributed by atoms with van der Waals surface area (Å²) >= 11 is 7.38. The molecule has 0 atom stereocenters. The number of ether oxygens (including phenoxy) is 1. The number of thioether (sulfide) groups is 1. The van der Waals surface area contributed by atoms with Gasteiger partial charge >= 0.3 is 6.01 Å². The highest BCUT2D eigenvalue weighted by Crippen LogP contribution is 2.17. The summed E-state index contributed by atoms with van der Waals surface area (Å²) in [6, 6.07) is 0.294. The maximum atomic E-state index is 5.82. The first-order valence-corrected chi connectivity index (χ1v) is 7.45. The third-order valence-electron chi connectivity index (χ3n) is 2.37. The fraction of sp³-hybridized carbons (Fsp3) is 0.727. The molecular weight excluding hydrogens is 272 g/mol. The molecule has 0 fully saturated rings. The molecule has 1 heterocycles. The molecule has 0 bridgehead atoms. The summed E-state index contributed by atoms with van der Waals surface area (Å²) in [7, 11) is 0. The van der Waals surface area contributed by atoms with Crippen molar-refractivity contribution in [3.63, 3.8) is 0 Å². The third-order valence-corrected chi connectivity index (χ3v) is 3.37. The van der Waals surface area contributed by atoms with E-state index >= 15 is 0 Å². The first kappa shape index (κ1) is 15.5. The molecule has 0 aliphatic heterocycles.